The van der Waals surface area contributed by atoms with Crippen molar-refractivity contribution in [2.45, 2.75) is 90.8 Å². The van der Waals surface area contributed by atoms with Crippen LogP contribution in [0.25, 0.3) is 0 Å². The Balaban J connectivity index is 2.26. The molecule has 0 heterocycles. The van der Waals surface area contributed by atoms with Gasteiger partial charge in [0.05, 0.1) is 0 Å². The Hall–Kier alpha value is -0.0800. The van der Waals surface area contributed by atoms with E-state index in [9.17, 15) is 0 Å². The average molecular weight is 254 g/mol. The van der Waals surface area contributed by atoms with Crippen LogP contribution >= 0.6 is 0 Å². The van der Waals surface area contributed by atoms with Crippen LogP contribution in [0.1, 0.15) is 72.6 Å². The number of unbranched alkanes of at least 4 members (excludes halogenated alkanes) is 2. The molecule has 1 aliphatic carbocycles. The zero-order valence-corrected chi connectivity index (χ0v) is 13.0. The maximum atomic E-state index is 3.77. The SMILES string of the molecule is CCCCCN(C(C)C)C(C)CNC1CCCC1. The van der Waals surface area contributed by atoms with Gasteiger partial charge in [0.15, 0.2) is 0 Å². The molecule has 2 heteroatoms. The standard InChI is InChI=1S/C16H34N2/c1-5-6-9-12-18(14(2)3)15(4)13-17-16-10-7-8-11-16/h14-17H,5-13H2,1-4H3. The van der Waals surface area contributed by atoms with E-state index in [4.69, 9.17) is 0 Å². The van der Waals surface area contributed by atoms with Gasteiger partial charge >= 0.3 is 0 Å². The van der Waals surface area contributed by atoms with Gasteiger partial charge in [-0.2, -0.15) is 0 Å². The van der Waals surface area contributed by atoms with Crippen LogP contribution in [0.3, 0.4) is 0 Å². The summed E-state index contributed by atoms with van der Waals surface area (Å²) in [4.78, 5) is 2.66. The molecule has 1 aliphatic rings. The highest BCUT2D eigenvalue weighted by Crippen LogP contribution is 2.18. The molecule has 1 saturated carbocycles. The molecule has 1 rings (SSSR count). The lowest BCUT2D eigenvalue weighted by molar-refractivity contribution is 0.155. The Labute approximate surface area is 115 Å². The highest BCUT2D eigenvalue weighted by atomic mass is 15.2. The summed E-state index contributed by atoms with van der Waals surface area (Å²) >= 11 is 0. The summed E-state index contributed by atoms with van der Waals surface area (Å²) in [6.45, 7) is 11.8. The summed E-state index contributed by atoms with van der Waals surface area (Å²) in [5.74, 6) is 0. The van der Waals surface area contributed by atoms with Crippen molar-refractivity contribution in [3.05, 3.63) is 0 Å². The molecule has 0 bridgehead atoms. The largest absolute Gasteiger partial charge is 0.312 e. The van der Waals surface area contributed by atoms with Crippen LogP contribution in [0.15, 0.2) is 0 Å². The fraction of sp³-hybridized carbons (Fsp3) is 1.00. The molecule has 1 fully saturated rings. The number of nitrogens with zero attached hydrogens (tertiary/aromatic N) is 1. The molecule has 1 atom stereocenters. The molecule has 0 amide bonds. The van der Waals surface area contributed by atoms with Crippen LogP contribution in [0.4, 0.5) is 0 Å². The fourth-order valence-corrected chi connectivity index (χ4v) is 3.12. The van der Waals surface area contributed by atoms with E-state index in [2.05, 4.69) is 37.9 Å². The first-order valence-electron chi connectivity index (χ1n) is 8.14. The molecular weight excluding hydrogens is 220 g/mol. The summed E-state index contributed by atoms with van der Waals surface area (Å²) in [6.07, 6.45) is 9.68. The summed E-state index contributed by atoms with van der Waals surface area (Å²) < 4.78 is 0. The first-order valence-corrected chi connectivity index (χ1v) is 8.14. The predicted octanol–water partition coefficient (Wildman–Crippen LogP) is 3.81. The maximum Gasteiger partial charge on any atom is 0.0195 e. The predicted molar refractivity (Wildman–Crippen MR) is 81.1 cm³/mol. The highest BCUT2D eigenvalue weighted by molar-refractivity contribution is 4.78. The Kier molecular flexibility index (Phi) is 7.92. The number of nitrogens with one attached hydrogen (secondary N) is 1. The van der Waals surface area contributed by atoms with Gasteiger partial charge in [-0.3, -0.25) is 4.90 Å². The molecule has 2 nitrogen and oxygen atoms in total. The zero-order valence-electron chi connectivity index (χ0n) is 13.0. The van der Waals surface area contributed by atoms with E-state index in [0.29, 0.717) is 12.1 Å². The van der Waals surface area contributed by atoms with Gasteiger partial charge in [0.2, 0.25) is 0 Å². The molecule has 0 aromatic rings. The summed E-state index contributed by atoms with van der Waals surface area (Å²) in [5, 5.41) is 3.77. The molecule has 0 saturated heterocycles. The van der Waals surface area contributed by atoms with Gasteiger partial charge in [-0.15, -0.1) is 0 Å². The van der Waals surface area contributed by atoms with E-state index in [1.54, 1.807) is 0 Å². The van der Waals surface area contributed by atoms with Gasteiger partial charge in [-0.05, 0) is 46.6 Å². The van der Waals surface area contributed by atoms with Crippen LogP contribution in [-0.4, -0.2) is 36.1 Å². The van der Waals surface area contributed by atoms with Gasteiger partial charge in [0.1, 0.15) is 0 Å². The highest BCUT2D eigenvalue weighted by Gasteiger charge is 2.19. The normalized spacial score (nSPS) is 19.0. The van der Waals surface area contributed by atoms with Crippen LogP contribution in [-0.2, 0) is 0 Å². The van der Waals surface area contributed by atoms with Gasteiger partial charge in [0, 0.05) is 24.7 Å². The molecule has 0 aromatic heterocycles. The lowest BCUT2D eigenvalue weighted by Crippen LogP contribution is -2.46. The smallest absolute Gasteiger partial charge is 0.0195 e. The third-order valence-electron chi connectivity index (χ3n) is 4.31. The third-order valence-corrected chi connectivity index (χ3v) is 4.31. The number of hydrogen-bond donors (Lipinski definition) is 1. The van der Waals surface area contributed by atoms with Crippen molar-refractivity contribution < 1.29 is 0 Å². The van der Waals surface area contributed by atoms with E-state index < -0.39 is 0 Å². The van der Waals surface area contributed by atoms with Crippen LogP contribution in [0.2, 0.25) is 0 Å². The average Bonchev–Trinajstić information content (AvgIpc) is 2.84. The first-order chi connectivity index (χ1) is 8.65. The number of hydrogen-bond acceptors (Lipinski definition) is 2. The van der Waals surface area contributed by atoms with Crippen LogP contribution in [0.5, 0.6) is 0 Å². The lowest BCUT2D eigenvalue weighted by atomic mass is 10.1. The molecule has 0 spiro atoms. The molecule has 1 N–H and O–H groups in total. The summed E-state index contributed by atoms with van der Waals surface area (Å²) in [5.41, 5.74) is 0. The van der Waals surface area contributed by atoms with Crippen molar-refractivity contribution in [1.29, 1.82) is 0 Å². The van der Waals surface area contributed by atoms with Crippen LogP contribution in [0, 0.1) is 0 Å². The molecule has 0 aliphatic heterocycles. The maximum absolute atomic E-state index is 3.77. The molecule has 1 unspecified atom stereocenters. The van der Waals surface area contributed by atoms with Crippen LogP contribution < -0.4 is 5.32 Å². The number of rotatable bonds is 9. The Morgan fingerprint density at radius 1 is 1.11 bits per heavy atom. The van der Waals surface area contributed by atoms with E-state index in [1.807, 2.05) is 0 Å². The van der Waals surface area contributed by atoms with Crippen molar-refractivity contribution >= 4 is 0 Å². The van der Waals surface area contributed by atoms with E-state index in [0.717, 1.165) is 12.6 Å². The Morgan fingerprint density at radius 2 is 1.78 bits per heavy atom. The van der Waals surface area contributed by atoms with E-state index >= 15 is 0 Å². The van der Waals surface area contributed by atoms with Crippen molar-refractivity contribution in [3.8, 4) is 0 Å². The van der Waals surface area contributed by atoms with E-state index in [1.165, 1.54) is 51.5 Å². The van der Waals surface area contributed by atoms with Gasteiger partial charge in [-0.1, -0.05) is 32.6 Å². The Morgan fingerprint density at radius 3 is 2.33 bits per heavy atom. The first kappa shape index (κ1) is 16.0. The van der Waals surface area contributed by atoms with Crippen molar-refractivity contribution in [3.63, 3.8) is 0 Å². The van der Waals surface area contributed by atoms with E-state index in [-0.39, 0.29) is 0 Å². The second kappa shape index (κ2) is 8.92. The zero-order chi connectivity index (χ0) is 13.4. The second-order valence-electron chi connectivity index (χ2n) is 6.28. The molecule has 0 radical (unpaired) electrons. The minimum absolute atomic E-state index is 0.669. The van der Waals surface area contributed by atoms with Crippen molar-refractivity contribution in [1.82, 2.24) is 10.2 Å². The Bertz CT molecular complexity index is 197. The quantitative estimate of drug-likeness (QED) is 0.630. The molecule has 108 valence electrons. The van der Waals surface area contributed by atoms with Gasteiger partial charge < -0.3 is 5.32 Å². The minimum Gasteiger partial charge on any atom is -0.312 e. The summed E-state index contributed by atoms with van der Waals surface area (Å²) in [7, 11) is 0. The lowest BCUT2D eigenvalue weighted by Gasteiger charge is -2.33. The second-order valence-corrected chi connectivity index (χ2v) is 6.28. The third kappa shape index (κ3) is 5.71. The van der Waals surface area contributed by atoms with Gasteiger partial charge in [0.25, 0.3) is 0 Å². The summed E-state index contributed by atoms with van der Waals surface area (Å²) in [6, 6.07) is 2.14. The van der Waals surface area contributed by atoms with Gasteiger partial charge in [-0.25, -0.2) is 0 Å². The fourth-order valence-electron chi connectivity index (χ4n) is 3.12. The monoisotopic (exact) mass is 254 g/mol. The van der Waals surface area contributed by atoms with Crippen molar-refractivity contribution in [2.75, 3.05) is 13.1 Å². The molecule has 0 aromatic carbocycles. The minimum atomic E-state index is 0.669. The molecule has 18 heavy (non-hydrogen) atoms. The topological polar surface area (TPSA) is 15.3 Å². The van der Waals surface area contributed by atoms with Crippen molar-refractivity contribution in [2.24, 2.45) is 0 Å². The molecular formula is C16H34N2.